The maximum absolute atomic E-state index is 10.3. The number of hydrogen-bond donors (Lipinski definition) is 0. The van der Waals surface area contributed by atoms with Crippen LogP contribution in [0.15, 0.2) is 28.9 Å². The highest BCUT2D eigenvalue weighted by molar-refractivity contribution is 9.11. The number of rotatable bonds is 4. The molecule has 5 heteroatoms. The predicted octanol–water partition coefficient (Wildman–Crippen LogP) is 3.06. The van der Waals surface area contributed by atoms with E-state index in [4.69, 9.17) is 4.74 Å². The van der Waals surface area contributed by atoms with Crippen molar-refractivity contribution in [2.45, 2.75) is 6.92 Å². The molecule has 0 aliphatic rings. The number of nitrogens with zero attached hydrogens (tertiary/aromatic N) is 1. The first kappa shape index (κ1) is 11.7. The summed E-state index contributed by atoms with van der Waals surface area (Å²) >= 11 is 2.86. The molecule has 0 unspecified atom stereocenters. The van der Waals surface area contributed by atoms with E-state index in [-0.39, 0.29) is 4.61 Å². The Balaban J connectivity index is 2.80. The lowest BCUT2D eigenvalue weighted by Gasteiger charge is -2.01. The summed E-state index contributed by atoms with van der Waals surface area (Å²) in [6.45, 7) is 2.50. The molecule has 0 spiro atoms. The molecule has 0 heterocycles. The Bertz CT molecular complexity index is 373. The molecule has 4 nitrogen and oxygen atoms in total. The Morgan fingerprint density at radius 1 is 1.53 bits per heavy atom. The van der Waals surface area contributed by atoms with Crippen LogP contribution in [0.25, 0.3) is 6.08 Å². The second-order valence-corrected chi connectivity index (χ2v) is 3.54. The van der Waals surface area contributed by atoms with Crippen molar-refractivity contribution in [3.8, 4) is 5.75 Å². The smallest absolute Gasteiger partial charge is 0.311 e. The lowest BCUT2D eigenvalue weighted by Crippen LogP contribution is -1.91. The second-order valence-electron chi connectivity index (χ2n) is 2.73. The Morgan fingerprint density at radius 2 is 2.13 bits per heavy atom. The molecule has 15 heavy (non-hydrogen) atoms. The topological polar surface area (TPSA) is 52.4 Å². The van der Waals surface area contributed by atoms with Gasteiger partial charge in [-0.1, -0.05) is 12.1 Å². The second kappa shape index (κ2) is 5.50. The molecule has 0 aliphatic carbocycles. The van der Waals surface area contributed by atoms with Crippen molar-refractivity contribution >= 4 is 22.0 Å². The molecule has 0 aliphatic heterocycles. The highest BCUT2D eigenvalue weighted by Crippen LogP contribution is 2.16. The molecule has 1 rings (SSSR count). The van der Waals surface area contributed by atoms with E-state index in [2.05, 4.69) is 15.9 Å². The average Bonchev–Trinajstić information content (AvgIpc) is 2.21. The van der Waals surface area contributed by atoms with E-state index in [1.54, 1.807) is 24.3 Å². The van der Waals surface area contributed by atoms with E-state index < -0.39 is 4.92 Å². The summed E-state index contributed by atoms with van der Waals surface area (Å²) < 4.78 is 5.18. The summed E-state index contributed by atoms with van der Waals surface area (Å²) in [6, 6.07) is 7.07. The van der Waals surface area contributed by atoms with Crippen molar-refractivity contribution in [3.05, 3.63) is 44.5 Å². The Kier molecular flexibility index (Phi) is 4.30. The van der Waals surface area contributed by atoms with Crippen molar-refractivity contribution in [2.75, 3.05) is 6.61 Å². The number of ether oxygens (including phenoxy) is 1. The molecular weight excluding hydrogens is 262 g/mol. The molecule has 1 aromatic carbocycles. The van der Waals surface area contributed by atoms with Gasteiger partial charge in [0.05, 0.1) is 11.5 Å². The molecule has 0 aromatic heterocycles. The molecule has 0 N–H and O–H groups in total. The van der Waals surface area contributed by atoms with Gasteiger partial charge in [0.25, 0.3) is 0 Å². The minimum Gasteiger partial charge on any atom is -0.494 e. The molecule has 0 radical (unpaired) electrons. The maximum Gasteiger partial charge on any atom is 0.311 e. The predicted molar refractivity (Wildman–Crippen MR) is 61.5 cm³/mol. The SMILES string of the molecule is CCOc1ccc(/C=C(\Br)[N+](=O)[O-])cc1. The fourth-order valence-electron chi connectivity index (χ4n) is 1.02. The van der Waals surface area contributed by atoms with Gasteiger partial charge < -0.3 is 4.74 Å². The summed E-state index contributed by atoms with van der Waals surface area (Å²) in [5.41, 5.74) is 0.752. The summed E-state index contributed by atoms with van der Waals surface area (Å²) in [5, 5.41) is 10.3. The summed E-state index contributed by atoms with van der Waals surface area (Å²) in [7, 11) is 0. The van der Waals surface area contributed by atoms with Crippen LogP contribution in [0.1, 0.15) is 12.5 Å². The van der Waals surface area contributed by atoms with Crippen LogP contribution in [0.4, 0.5) is 0 Å². The largest absolute Gasteiger partial charge is 0.494 e. The van der Waals surface area contributed by atoms with Crippen molar-refractivity contribution in [2.24, 2.45) is 0 Å². The molecule has 0 saturated heterocycles. The van der Waals surface area contributed by atoms with Gasteiger partial charge in [-0.3, -0.25) is 10.1 Å². The van der Waals surface area contributed by atoms with Crippen LogP contribution in [-0.4, -0.2) is 11.5 Å². The van der Waals surface area contributed by atoms with E-state index in [0.29, 0.717) is 6.61 Å². The van der Waals surface area contributed by atoms with E-state index >= 15 is 0 Å². The maximum atomic E-state index is 10.3. The van der Waals surface area contributed by atoms with Gasteiger partial charge in [-0.25, -0.2) is 0 Å². The zero-order valence-electron chi connectivity index (χ0n) is 8.14. The fraction of sp³-hybridized carbons (Fsp3) is 0.200. The zero-order valence-corrected chi connectivity index (χ0v) is 9.73. The van der Waals surface area contributed by atoms with E-state index in [9.17, 15) is 10.1 Å². The third kappa shape index (κ3) is 3.71. The Labute approximate surface area is 95.8 Å². The van der Waals surface area contributed by atoms with Gasteiger partial charge in [0.15, 0.2) is 0 Å². The van der Waals surface area contributed by atoms with Gasteiger partial charge in [0.1, 0.15) is 5.75 Å². The Morgan fingerprint density at radius 3 is 2.60 bits per heavy atom. The van der Waals surface area contributed by atoms with Crippen molar-refractivity contribution in [1.82, 2.24) is 0 Å². The van der Waals surface area contributed by atoms with Crippen LogP contribution >= 0.6 is 15.9 Å². The van der Waals surface area contributed by atoms with Crippen molar-refractivity contribution in [3.63, 3.8) is 0 Å². The fourth-order valence-corrected chi connectivity index (χ4v) is 1.28. The molecule has 0 atom stereocenters. The number of hydrogen-bond acceptors (Lipinski definition) is 3. The molecular formula is C10H10BrNO3. The van der Waals surface area contributed by atoms with Crippen molar-refractivity contribution < 1.29 is 9.66 Å². The van der Waals surface area contributed by atoms with Gasteiger partial charge in [0, 0.05) is 22.0 Å². The number of halogens is 1. The molecule has 80 valence electrons. The highest BCUT2D eigenvalue weighted by Gasteiger charge is 2.04. The Hall–Kier alpha value is -1.36. The van der Waals surface area contributed by atoms with Gasteiger partial charge in [-0.05, 0) is 24.6 Å². The summed E-state index contributed by atoms with van der Waals surface area (Å²) in [4.78, 5) is 9.85. The van der Waals surface area contributed by atoms with Crippen LogP contribution in [0.2, 0.25) is 0 Å². The standard InChI is InChI=1S/C10H10BrNO3/c1-2-15-9-5-3-8(4-6-9)7-10(11)12(13)14/h3-7H,2H2,1H3/b10-7+. The molecule has 0 fully saturated rings. The van der Waals surface area contributed by atoms with E-state index in [1.807, 2.05) is 6.92 Å². The third-order valence-corrected chi connectivity index (χ3v) is 2.17. The van der Waals surface area contributed by atoms with Crippen LogP contribution in [0.5, 0.6) is 5.75 Å². The van der Waals surface area contributed by atoms with Crippen LogP contribution in [0, 0.1) is 10.1 Å². The lowest BCUT2D eigenvalue weighted by atomic mass is 10.2. The van der Waals surface area contributed by atoms with E-state index in [0.717, 1.165) is 11.3 Å². The third-order valence-electron chi connectivity index (χ3n) is 1.65. The van der Waals surface area contributed by atoms with E-state index in [1.165, 1.54) is 6.08 Å². The normalized spacial score (nSPS) is 11.2. The van der Waals surface area contributed by atoms with Crippen LogP contribution < -0.4 is 4.74 Å². The number of nitro groups is 1. The first-order valence-electron chi connectivity index (χ1n) is 4.38. The molecule has 0 saturated carbocycles. The zero-order chi connectivity index (χ0) is 11.3. The minimum atomic E-state index is -0.490. The quantitative estimate of drug-likeness (QED) is 0.481. The number of benzene rings is 1. The van der Waals surface area contributed by atoms with Gasteiger partial charge >= 0.3 is 4.61 Å². The first-order chi connectivity index (χ1) is 7.13. The van der Waals surface area contributed by atoms with Crippen molar-refractivity contribution in [1.29, 1.82) is 0 Å². The van der Waals surface area contributed by atoms with Gasteiger partial charge in [0.2, 0.25) is 0 Å². The van der Waals surface area contributed by atoms with Crippen LogP contribution in [-0.2, 0) is 0 Å². The average molecular weight is 272 g/mol. The van der Waals surface area contributed by atoms with Gasteiger partial charge in [-0.15, -0.1) is 0 Å². The minimum absolute atomic E-state index is 0.0633. The molecule has 0 amide bonds. The lowest BCUT2D eigenvalue weighted by molar-refractivity contribution is -0.407. The first-order valence-corrected chi connectivity index (χ1v) is 5.17. The monoisotopic (exact) mass is 271 g/mol. The van der Waals surface area contributed by atoms with Crippen LogP contribution in [0.3, 0.4) is 0 Å². The highest BCUT2D eigenvalue weighted by atomic mass is 79.9. The van der Waals surface area contributed by atoms with Gasteiger partial charge in [-0.2, -0.15) is 0 Å². The molecule has 0 bridgehead atoms. The summed E-state index contributed by atoms with van der Waals surface area (Å²) in [6.07, 6.45) is 1.44. The molecule has 1 aromatic rings. The summed E-state index contributed by atoms with van der Waals surface area (Å²) in [5.74, 6) is 0.756.